The molecule has 2 rings (SSSR count). The predicted molar refractivity (Wildman–Crippen MR) is 75.1 cm³/mol. The number of hydrogen-bond donors (Lipinski definition) is 2. The van der Waals surface area contributed by atoms with Gasteiger partial charge in [-0.2, -0.15) is 0 Å². The van der Waals surface area contributed by atoms with Gasteiger partial charge in [0.25, 0.3) is 0 Å². The molecule has 2 N–H and O–H groups in total. The first kappa shape index (κ1) is 15.6. The summed E-state index contributed by atoms with van der Waals surface area (Å²) in [6, 6.07) is 1.44. The lowest BCUT2D eigenvalue weighted by Crippen LogP contribution is -2.23. The van der Waals surface area contributed by atoms with Crippen LogP contribution in [0.25, 0.3) is 0 Å². The molecule has 0 spiro atoms. The molecule has 1 saturated heterocycles. The molecule has 2 atom stereocenters. The third-order valence-electron chi connectivity index (χ3n) is 3.67. The fourth-order valence-corrected chi connectivity index (χ4v) is 2.51. The van der Waals surface area contributed by atoms with Crippen molar-refractivity contribution >= 4 is 11.9 Å². The second kappa shape index (κ2) is 6.76. The van der Waals surface area contributed by atoms with Crippen LogP contribution in [0, 0.1) is 6.92 Å². The summed E-state index contributed by atoms with van der Waals surface area (Å²) >= 11 is 0. The van der Waals surface area contributed by atoms with Crippen molar-refractivity contribution in [2.45, 2.75) is 58.3 Å². The average molecular weight is 295 g/mol. The number of carboxylic acids is 1. The van der Waals surface area contributed by atoms with Gasteiger partial charge in [-0.05, 0) is 39.2 Å². The molecule has 116 valence electrons. The quantitative estimate of drug-likeness (QED) is 0.840. The Hall–Kier alpha value is -1.82. The van der Waals surface area contributed by atoms with Gasteiger partial charge in [0.1, 0.15) is 17.1 Å². The van der Waals surface area contributed by atoms with Gasteiger partial charge in [-0.3, -0.25) is 4.79 Å². The number of carboxylic acid groups (broad SMARTS) is 1. The second-order valence-electron chi connectivity index (χ2n) is 5.45. The zero-order chi connectivity index (χ0) is 15.4. The van der Waals surface area contributed by atoms with Gasteiger partial charge < -0.3 is 19.6 Å². The Morgan fingerprint density at radius 1 is 1.43 bits per heavy atom. The van der Waals surface area contributed by atoms with Crippen LogP contribution >= 0.6 is 0 Å². The van der Waals surface area contributed by atoms with E-state index in [-0.39, 0.29) is 24.1 Å². The van der Waals surface area contributed by atoms with Crippen LogP contribution in [0.5, 0.6) is 0 Å². The van der Waals surface area contributed by atoms with Crippen molar-refractivity contribution in [2.75, 3.05) is 0 Å². The number of aromatic carboxylic acids is 1. The minimum atomic E-state index is -1.03. The SMILES string of the molecule is Cc1oc(CNC(=O)CC[C@H]2CC[C@H](C)O2)cc1C(=O)O. The summed E-state index contributed by atoms with van der Waals surface area (Å²) < 4.78 is 11.0. The van der Waals surface area contributed by atoms with Crippen molar-refractivity contribution in [3.8, 4) is 0 Å². The zero-order valence-corrected chi connectivity index (χ0v) is 12.3. The van der Waals surface area contributed by atoms with E-state index >= 15 is 0 Å². The number of furan rings is 1. The van der Waals surface area contributed by atoms with E-state index in [1.807, 2.05) is 6.92 Å². The smallest absolute Gasteiger partial charge is 0.339 e. The van der Waals surface area contributed by atoms with Crippen molar-refractivity contribution < 1.29 is 23.8 Å². The number of ether oxygens (including phenoxy) is 1. The molecule has 1 aromatic heterocycles. The summed E-state index contributed by atoms with van der Waals surface area (Å²) in [5.41, 5.74) is 0.132. The molecule has 6 heteroatoms. The Morgan fingerprint density at radius 2 is 2.19 bits per heavy atom. The van der Waals surface area contributed by atoms with Crippen molar-refractivity contribution in [3.05, 3.63) is 23.2 Å². The van der Waals surface area contributed by atoms with Crippen molar-refractivity contribution in [2.24, 2.45) is 0 Å². The third-order valence-corrected chi connectivity index (χ3v) is 3.67. The van der Waals surface area contributed by atoms with Crippen LogP contribution in [0.2, 0.25) is 0 Å². The highest BCUT2D eigenvalue weighted by Crippen LogP contribution is 2.22. The van der Waals surface area contributed by atoms with E-state index in [4.69, 9.17) is 14.3 Å². The van der Waals surface area contributed by atoms with Crippen LogP contribution < -0.4 is 5.32 Å². The van der Waals surface area contributed by atoms with Gasteiger partial charge in [-0.1, -0.05) is 0 Å². The molecular formula is C15H21NO5. The molecule has 0 unspecified atom stereocenters. The molecule has 1 fully saturated rings. The van der Waals surface area contributed by atoms with Crippen LogP contribution in [-0.2, 0) is 16.1 Å². The summed E-state index contributed by atoms with van der Waals surface area (Å²) in [5, 5.41) is 11.7. The van der Waals surface area contributed by atoms with Crippen molar-refractivity contribution in [1.29, 1.82) is 0 Å². The molecule has 1 aliphatic rings. The van der Waals surface area contributed by atoms with Gasteiger partial charge >= 0.3 is 5.97 Å². The topological polar surface area (TPSA) is 88.8 Å². The Morgan fingerprint density at radius 3 is 2.76 bits per heavy atom. The largest absolute Gasteiger partial charge is 0.478 e. The van der Waals surface area contributed by atoms with Gasteiger partial charge in [0.2, 0.25) is 5.91 Å². The van der Waals surface area contributed by atoms with Gasteiger partial charge in [0.15, 0.2) is 0 Å². The number of aryl methyl sites for hydroxylation is 1. The Kier molecular flexibility index (Phi) is 5.01. The first-order chi connectivity index (χ1) is 9.95. The number of carbonyl (C=O) groups is 2. The normalized spacial score (nSPS) is 21.4. The minimum absolute atomic E-state index is 0.0796. The summed E-state index contributed by atoms with van der Waals surface area (Å²) in [5.74, 6) is -0.311. The highest BCUT2D eigenvalue weighted by Gasteiger charge is 2.22. The number of hydrogen-bond acceptors (Lipinski definition) is 4. The first-order valence-corrected chi connectivity index (χ1v) is 7.20. The maximum atomic E-state index is 11.8. The zero-order valence-electron chi connectivity index (χ0n) is 12.3. The molecule has 1 aliphatic heterocycles. The van der Waals surface area contributed by atoms with Gasteiger partial charge in [-0.25, -0.2) is 4.79 Å². The highest BCUT2D eigenvalue weighted by molar-refractivity contribution is 5.88. The van der Waals surface area contributed by atoms with Crippen LogP contribution in [0.1, 0.15) is 54.5 Å². The number of carbonyl (C=O) groups excluding carboxylic acids is 1. The fourth-order valence-electron chi connectivity index (χ4n) is 2.51. The maximum Gasteiger partial charge on any atom is 0.339 e. The lowest BCUT2D eigenvalue weighted by atomic mass is 10.1. The van der Waals surface area contributed by atoms with Crippen LogP contribution in [0.15, 0.2) is 10.5 Å². The predicted octanol–water partition coefficient (Wildman–Crippen LogP) is 2.25. The molecule has 2 heterocycles. The van der Waals surface area contributed by atoms with E-state index in [0.29, 0.717) is 30.5 Å². The van der Waals surface area contributed by atoms with E-state index in [2.05, 4.69) is 5.32 Å². The molecule has 1 amide bonds. The summed E-state index contributed by atoms with van der Waals surface area (Å²) in [6.07, 6.45) is 3.65. The fraction of sp³-hybridized carbons (Fsp3) is 0.600. The number of amides is 1. The summed E-state index contributed by atoms with van der Waals surface area (Å²) in [6.45, 7) is 3.83. The molecular weight excluding hydrogens is 274 g/mol. The average Bonchev–Trinajstić information content (AvgIpc) is 3.00. The third kappa shape index (κ3) is 4.32. The molecule has 0 aromatic carbocycles. The molecule has 0 aliphatic carbocycles. The molecule has 21 heavy (non-hydrogen) atoms. The van der Waals surface area contributed by atoms with E-state index in [1.165, 1.54) is 6.07 Å². The summed E-state index contributed by atoms with van der Waals surface area (Å²) in [4.78, 5) is 22.6. The molecule has 1 aromatic rings. The lowest BCUT2D eigenvalue weighted by molar-refractivity contribution is -0.122. The van der Waals surface area contributed by atoms with Crippen LogP contribution in [-0.4, -0.2) is 29.2 Å². The van der Waals surface area contributed by atoms with Gasteiger partial charge in [0.05, 0.1) is 18.8 Å². The highest BCUT2D eigenvalue weighted by atomic mass is 16.5. The Balaban J connectivity index is 1.73. The molecule has 0 bridgehead atoms. The Labute approximate surface area is 123 Å². The Bertz CT molecular complexity index is 522. The number of nitrogens with one attached hydrogen (secondary N) is 1. The summed E-state index contributed by atoms with van der Waals surface area (Å²) in [7, 11) is 0. The molecule has 0 radical (unpaired) electrons. The van der Waals surface area contributed by atoms with E-state index in [9.17, 15) is 9.59 Å². The van der Waals surface area contributed by atoms with E-state index in [0.717, 1.165) is 12.8 Å². The van der Waals surface area contributed by atoms with Crippen molar-refractivity contribution in [1.82, 2.24) is 5.32 Å². The molecule has 0 saturated carbocycles. The second-order valence-corrected chi connectivity index (χ2v) is 5.45. The standard InChI is InChI=1S/C15H21NO5/c1-9-3-4-11(20-9)5-6-14(17)16-8-12-7-13(15(18)19)10(2)21-12/h7,9,11H,3-6,8H2,1-2H3,(H,16,17)(H,18,19)/t9-,11+/m0/s1. The minimum Gasteiger partial charge on any atom is -0.478 e. The van der Waals surface area contributed by atoms with Gasteiger partial charge in [-0.15, -0.1) is 0 Å². The molecule has 6 nitrogen and oxygen atoms in total. The van der Waals surface area contributed by atoms with Crippen molar-refractivity contribution in [3.63, 3.8) is 0 Å². The van der Waals surface area contributed by atoms with Crippen LogP contribution in [0.4, 0.5) is 0 Å². The van der Waals surface area contributed by atoms with E-state index in [1.54, 1.807) is 6.92 Å². The number of rotatable bonds is 6. The van der Waals surface area contributed by atoms with Crippen LogP contribution in [0.3, 0.4) is 0 Å². The lowest BCUT2D eigenvalue weighted by Gasteiger charge is -2.10. The maximum absolute atomic E-state index is 11.8. The first-order valence-electron chi connectivity index (χ1n) is 7.20. The monoisotopic (exact) mass is 295 g/mol. The van der Waals surface area contributed by atoms with Gasteiger partial charge in [0, 0.05) is 6.42 Å². The van der Waals surface area contributed by atoms with E-state index < -0.39 is 5.97 Å².